The van der Waals surface area contributed by atoms with E-state index in [1.807, 2.05) is 12.1 Å². The van der Waals surface area contributed by atoms with Crippen LogP contribution in [-0.2, 0) is 11.2 Å². The van der Waals surface area contributed by atoms with Crippen molar-refractivity contribution in [2.75, 3.05) is 0 Å². The van der Waals surface area contributed by atoms with Crippen LogP contribution in [0.1, 0.15) is 19.4 Å². The molecule has 1 N–H and O–H groups in total. The molecule has 0 amide bonds. The van der Waals surface area contributed by atoms with Gasteiger partial charge in [0.15, 0.2) is 0 Å². The molecule has 0 saturated heterocycles. The van der Waals surface area contributed by atoms with Gasteiger partial charge in [-0.1, -0.05) is 33.6 Å². The molecule has 0 saturated carbocycles. The molecule has 0 aliphatic carbocycles. The molecule has 0 aliphatic rings. The molecule has 1 aromatic rings. The van der Waals surface area contributed by atoms with Crippen molar-refractivity contribution in [3.8, 4) is 0 Å². The minimum atomic E-state index is -0.818. The smallest absolute Gasteiger partial charge is 0.309 e. The molecule has 0 aromatic heterocycles. The third-order valence-electron chi connectivity index (χ3n) is 2.23. The van der Waals surface area contributed by atoms with Crippen molar-refractivity contribution in [2.24, 2.45) is 5.41 Å². The fourth-order valence-corrected chi connectivity index (χ4v) is 1.96. The van der Waals surface area contributed by atoms with Crippen molar-refractivity contribution in [3.05, 3.63) is 33.3 Å². The van der Waals surface area contributed by atoms with Gasteiger partial charge in [-0.25, -0.2) is 0 Å². The first-order chi connectivity index (χ1) is 6.83. The lowest BCUT2D eigenvalue weighted by Crippen LogP contribution is -2.26. The van der Waals surface area contributed by atoms with E-state index in [4.69, 9.17) is 16.7 Å². The minimum absolute atomic E-state index is 0.425. The number of carboxylic acids is 1. The van der Waals surface area contributed by atoms with Crippen molar-refractivity contribution in [2.45, 2.75) is 20.3 Å². The van der Waals surface area contributed by atoms with Crippen molar-refractivity contribution in [3.63, 3.8) is 0 Å². The second kappa shape index (κ2) is 4.54. The van der Waals surface area contributed by atoms with Gasteiger partial charge >= 0.3 is 5.97 Å². The van der Waals surface area contributed by atoms with Gasteiger partial charge in [-0.05, 0) is 38.0 Å². The summed E-state index contributed by atoms with van der Waals surface area (Å²) >= 11 is 9.32. The monoisotopic (exact) mass is 290 g/mol. The molecule has 4 heteroatoms. The van der Waals surface area contributed by atoms with Crippen LogP contribution in [0.2, 0.25) is 5.02 Å². The van der Waals surface area contributed by atoms with Crippen LogP contribution < -0.4 is 0 Å². The predicted octanol–water partition coefficient (Wildman–Crippen LogP) is 3.76. The standard InChI is InChI=1S/C11H12BrClO2/c1-11(2,10(14)15)6-7-3-4-8(12)5-9(7)13/h3-5H,6H2,1-2H3,(H,14,15). The Balaban J connectivity index is 2.95. The molecule has 0 aliphatic heterocycles. The molecule has 0 spiro atoms. The summed E-state index contributed by atoms with van der Waals surface area (Å²) < 4.78 is 0.893. The van der Waals surface area contributed by atoms with E-state index in [0.29, 0.717) is 11.4 Å². The van der Waals surface area contributed by atoms with Crippen LogP contribution in [0.4, 0.5) is 0 Å². The molecule has 0 fully saturated rings. The Hall–Kier alpha value is -0.540. The number of hydrogen-bond acceptors (Lipinski definition) is 1. The first-order valence-electron chi connectivity index (χ1n) is 4.50. The van der Waals surface area contributed by atoms with E-state index in [1.165, 1.54) is 0 Å². The van der Waals surface area contributed by atoms with E-state index < -0.39 is 11.4 Å². The largest absolute Gasteiger partial charge is 0.481 e. The molecule has 0 heterocycles. The first-order valence-corrected chi connectivity index (χ1v) is 5.67. The number of aliphatic carboxylic acids is 1. The Morgan fingerprint density at radius 1 is 1.53 bits per heavy atom. The maximum atomic E-state index is 11.0. The maximum Gasteiger partial charge on any atom is 0.309 e. The molecule has 0 atom stereocenters. The summed E-state index contributed by atoms with van der Waals surface area (Å²) in [5, 5.41) is 9.59. The Morgan fingerprint density at radius 3 is 2.60 bits per heavy atom. The highest BCUT2D eigenvalue weighted by Crippen LogP contribution is 2.28. The quantitative estimate of drug-likeness (QED) is 0.921. The Morgan fingerprint density at radius 2 is 2.13 bits per heavy atom. The van der Waals surface area contributed by atoms with Gasteiger partial charge in [0, 0.05) is 9.50 Å². The lowest BCUT2D eigenvalue weighted by atomic mass is 9.86. The number of hydrogen-bond donors (Lipinski definition) is 1. The minimum Gasteiger partial charge on any atom is -0.481 e. The zero-order valence-electron chi connectivity index (χ0n) is 8.55. The highest BCUT2D eigenvalue weighted by atomic mass is 79.9. The molecular weight excluding hydrogens is 279 g/mol. The second-order valence-corrected chi connectivity index (χ2v) is 5.42. The molecule has 0 unspecified atom stereocenters. The number of benzene rings is 1. The summed E-state index contributed by atoms with van der Waals surface area (Å²) in [6, 6.07) is 5.48. The van der Waals surface area contributed by atoms with Crippen LogP contribution in [0.25, 0.3) is 0 Å². The number of rotatable bonds is 3. The third kappa shape index (κ3) is 3.21. The fourth-order valence-electron chi connectivity index (χ4n) is 1.22. The highest BCUT2D eigenvalue weighted by Gasteiger charge is 2.28. The molecule has 15 heavy (non-hydrogen) atoms. The molecule has 0 radical (unpaired) electrons. The summed E-state index contributed by atoms with van der Waals surface area (Å²) in [5.74, 6) is -0.818. The molecular formula is C11H12BrClO2. The van der Waals surface area contributed by atoms with Crippen LogP contribution in [0.5, 0.6) is 0 Å². The summed E-state index contributed by atoms with van der Waals surface area (Å²) in [5.41, 5.74) is 0.0598. The molecule has 1 aromatic carbocycles. The Bertz CT molecular complexity index is 388. The first kappa shape index (κ1) is 12.5. The highest BCUT2D eigenvalue weighted by molar-refractivity contribution is 9.10. The predicted molar refractivity (Wildman–Crippen MR) is 64.3 cm³/mol. The Kier molecular flexibility index (Phi) is 3.79. The van der Waals surface area contributed by atoms with Gasteiger partial charge in [0.1, 0.15) is 0 Å². The second-order valence-electron chi connectivity index (χ2n) is 4.10. The van der Waals surface area contributed by atoms with Crippen LogP contribution >= 0.6 is 27.5 Å². The van der Waals surface area contributed by atoms with Crippen molar-refractivity contribution in [1.29, 1.82) is 0 Å². The van der Waals surface area contributed by atoms with Crippen LogP contribution in [0, 0.1) is 5.41 Å². The van der Waals surface area contributed by atoms with Gasteiger partial charge in [-0.3, -0.25) is 4.79 Å². The normalized spacial score (nSPS) is 11.5. The van der Waals surface area contributed by atoms with E-state index in [0.717, 1.165) is 10.0 Å². The van der Waals surface area contributed by atoms with Gasteiger partial charge in [-0.15, -0.1) is 0 Å². The number of carboxylic acid groups (broad SMARTS) is 1. The third-order valence-corrected chi connectivity index (χ3v) is 3.07. The molecule has 0 bridgehead atoms. The van der Waals surface area contributed by atoms with E-state index in [-0.39, 0.29) is 0 Å². The van der Waals surface area contributed by atoms with E-state index >= 15 is 0 Å². The SMILES string of the molecule is CC(C)(Cc1ccc(Br)cc1Cl)C(=O)O. The summed E-state index contributed by atoms with van der Waals surface area (Å²) in [7, 11) is 0. The van der Waals surface area contributed by atoms with E-state index in [1.54, 1.807) is 19.9 Å². The van der Waals surface area contributed by atoms with Crippen molar-refractivity contribution >= 4 is 33.5 Å². The molecule has 82 valence electrons. The Labute approximate surface area is 102 Å². The zero-order valence-corrected chi connectivity index (χ0v) is 10.9. The summed E-state index contributed by atoms with van der Waals surface area (Å²) in [6.07, 6.45) is 0.425. The van der Waals surface area contributed by atoms with Crippen LogP contribution in [0.3, 0.4) is 0 Å². The van der Waals surface area contributed by atoms with E-state index in [2.05, 4.69) is 15.9 Å². The zero-order chi connectivity index (χ0) is 11.6. The number of halogens is 2. The van der Waals surface area contributed by atoms with Crippen molar-refractivity contribution in [1.82, 2.24) is 0 Å². The lowest BCUT2D eigenvalue weighted by Gasteiger charge is -2.19. The fraction of sp³-hybridized carbons (Fsp3) is 0.364. The average Bonchev–Trinajstić information content (AvgIpc) is 2.09. The van der Waals surface area contributed by atoms with Gasteiger partial charge in [0.05, 0.1) is 5.41 Å². The number of carbonyl (C=O) groups is 1. The lowest BCUT2D eigenvalue weighted by molar-refractivity contribution is -0.146. The molecule has 2 nitrogen and oxygen atoms in total. The van der Waals surface area contributed by atoms with Crippen LogP contribution in [-0.4, -0.2) is 11.1 Å². The summed E-state index contributed by atoms with van der Waals surface area (Å²) in [6.45, 7) is 3.38. The van der Waals surface area contributed by atoms with Crippen molar-refractivity contribution < 1.29 is 9.90 Å². The van der Waals surface area contributed by atoms with E-state index in [9.17, 15) is 4.79 Å². The van der Waals surface area contributed by atoms with Gasteiger partial charge < -0.3 is 5.11 Å². The topological polar surface area (TPSA) is 37.3 Å². The summed E-state index contributed by atoms with van der Waals surface area (Å²) in [4.78, 5) is 11.0. The maximum absolute atomic E-state index is 11.0. The average molecular weight is 292 g/mol. The van der Waals surface area contributed by atoms with Gasteiger partial charge in [-0.2, -0.15) is 0 Å². The van der Waals surface area contributed by atoms with Gasteiger partial charge in [0.25, 0.3) is 0 Å². The van der Waals surface area contributed by atoms with Gasteiger partial charge in [0.2, 0.25) is 0 Å². The molecule has 1 rings (SSSR count). The van der Waals surface area contributed by atoms with Crippen LogP contribution in [0.15, 0.2) is 22.7 Å².